The molecule has 1 aromatic carbocycles. The Morgan fingerprint density at radius 3 is 2.62 bits per heavy atom. The first-order valence-electron chi connectivity index (χ1n) is 7.16. The topological polar surface area (TPSA) is 68.2 Å². The van der Waals surface area contributed by atoms with E-state index in [1.54, 1.807) is 0 Å². The quantitative estimate of drug-likeness (QED) is 0.877. The molecule has 21 heavy (non-hydrogen) atoms. The molecule has 0 spiro atoms. The number of benzene rings is 1. The van der Waals surface area contributed by atoms with Gasteiger partial charge in [-0.05, 0) is 5.75 Å². The van der Waals surface area contributed by atoms with Crippen molar-refractivity contribution in [1.29, 1.82) is 0 Å². The molecule has 2 aliphatic heterocycles. The highest BCUT2D eigenvalue weighted by molar-refractivity contribution is 7.99. The molecule has 2 aliphatic rings. The fourth-order valence-corrected chi connectivity index (χ4v) is 3.57. The molecular weight excluding hydrogens is 292 g/mol. The Morgan fingerprint density at radius 2 is 1.90 bits per heavy atom. The van der Waals surface area contributed by atoms with Crippen molar-refractivity contribution in [3.63, 3.8) is 0 Å². The van der Waals surface area contributed by atoms with Crippen molar-refractivity contribution in [3.8, 4) is 0 Å². The molecule has 1 aromatic rings. The number of ether oxygens (including phenoxy) is 3. The van der Waals surface area contributed by atoms with E-state index in [9.17, 15) is 10.2 Å². The van der Waals surface area contributed by atoms with Crippen molar-refractivity contribution in [2.24, 2.45) is 0 Å². The van der Waals surface area contributed by atoms with E-state index in [-0.39, 0.29) is 6.10 Å². The van der Waals surface area contributed by atoms with Gasteiger partial charge in [-0.1, -0.05) is 37.3 Å². The molecule has 0 aromatic heterocycles. The van der Waals surface area contributed by atoms with Crippen molar-refractivity contribution in [2.45, 2.75) is 43.1 Å². The van der Waals surface area contributed by atoms with E-state index in [1.165, 1.54) is 11.8 Å². The van der Waals surface area contributed by atoms with E-state index in [1.807, 2.05) is 37.3 Å². The van der Waals surface area contributed by atoms with Gasteiger partial charge in [0, 0.05) is 5.56 Å². The monoisotopic (exact) mass is 312 g/mol. The SMILES string of the molecule is CCS[C@@H]1O[C@@H]2CO[C@@H](c3ccccc3)OC2[C@H](O)[C@H]1O. The number of rotatable bonds is 3. The lowest BCUT2D eigenvalue weighted by Crippen LogP contribution is -2.60. The second kappa shape index (κ2) is 6.64. The summed E-state index contributed by atoms with van der Waals surface area (Å²) in [6.45, 7) is 2.33. The van der Waals surface area contributed by atoms with Crippen molar-refractivity contribution >= 4 is 11.8 Å². The van der Waals surface area contributed by atoms with Gasteiger partial charge in [0.25, 0.3) is 0 Å². The zero-order valence-corrected chi connectivity index (χ0v) is 12.6. The Labute approximate surface area is 128 Å². The lowest BCUT2D eigenvalue weighted by atomic mass is 9.99. The Hall–Kier alpha value is -0.630. The Morgan fingerprint density at radius 1 is 1.14 bits per heavy atom. The van der Waals surface area contributed by atoms with Gasteiger partial charge in [-0.15, -0.1) is 11.8 Å². The Kier molecular flexibility index (Phi) is 4.83. The van der Waals surface area contributed by atoms with Gasteiger partial charge in [-0.25, -0.2) is 0 Å². The second-order valence-electron chi connectivity index (χ2n) is 5.16. The third-order valence-electron chi connectivity index (χ3n) is 3.74. The number of hydrogen-bond donors (Lipinski definition) is 2. The van der Waals surface area contributed by atoms with E-state index < -0.39 is 30.0 Å². The first-order valence-corrected chi connectivity index (χ1v) is 8.20. The number of fused-ring (bicyclic) bond motifs is 1. The molecule has 6 atom stereocenters. The average Bonchev–Trinajstić information content (AvgIpc) is 2.53. The second-order valence-corrected chi connectivity index (χ2v) is 6.53. The first kappa shape index (κ1) is 15.3. The summed E-state index contributed by atoms with van der Waals surface area (Å²) < 4.78 is 17.3. The number of hydrogen-bond acceptors (Lipinski definition) is 6. The number of thioether (sulfide) groups is 1. The van der Waals surface area contributed by atoms with Crippen molar-refractivity contribution < 1.29 is 24.4 Å². The summed E-state index contributed by atoms with van der Waals surface area (Å²) >= 11 is 1.47. The van der Waals surface area contributed by atoms with Crippen LogP contribution in [0.1, 0.15) is 18.8 Å². The Bertz CT molecular complexity index is 455. The molecule has 0 bridgehead atoms. The third-order valence-corrected chi connectivity index (χ3v) is 4.79. The standard InChI is InChI=1S/C15H20O5S/c1-2-21-15-12(17)11(16)13-10(19-15)8-18-14(20-13)9-6-4-3-5-7-9/h3-7,10-17H,2,8H2,1H3/t10-,11-,12-,13?,14-,15+/m1/s1. The summed E-state index contributed by atoms with van der Waals surface area (Å²) in [7, 11) is 0. The van der Waals surface area contributed by atoms with Crippen molar-refractivity contribution in [3.05, 3.63) is 35.9 Å². The van der Waals surface area contributed by atoms with Crippen LogP contribution in [0.2, 0.25) is 0 Å². The predicted molar refractivity (Wildman–Crippen MR) is 78.8 cm³/mol. The molecule has 0 amide bonds. The summed E-state index contributed by atoms with van der Waals surface area (Å²) in [4.78, 5) is 0. The van der Waals surface area contributed by atoms with E-state index >= 15 is 0 Å². The van der Waals surface area contributed by atoms with E-state index in [2.05, 4.69) is 0 Å². The van der Waals surface area contributed by atoms with Gasteiger partial charge >= 0.3 is 0 Å². The van der Waals surface area contributed by atoms with E-state index in [0.29, 0.717) is 6.61 Å². The predicted octanol–water partition coefficient (Wildman–Crippen LogP) is 1.30. The molecule has 2 heterocycles. The first-order chi connectivity index (χ1) is 10.2. The van der Waals surface area contributed by atoms with Crippen LogP contribution in [0.3, 0.4) is 0 Å². The van der Waals surface area contributed by atoms with Crippen LogP contribution in [0.5, 0.6) is 0 Å². The maximum Gasteiger partial charge on any atom is 0.184 e. The molecule has 2 fully saturated rings. The molecule has 3 rings (SSSR count). The third kappa shape index (κ3) is 3.11. The van der Waals surface area contributed by atoms with Crippen LogP contribution in [0.15, 0.2) is 30.3 Å². The molecule has 5 nitrogen and oxygen atoms in total. The molecular formula is C15H20O5S. The molecule has 2 N–H and O–H groups in total. The smallest absolute Gasteiger partial charge is 0.184 e. The van der Waals surface area contributed by atoms with E-state index in [4.69, 9.17) is 14.2 Å². The zero-order valence-electron chi connectivity index (χ0n) is 11.8. The van der Waals surface area contributed by atoms with Crippen LogP contribution in [0.4, 0.5) is 0 Å². The largest absolute Gasteiger partial charge is 0.387 e. The fraction of sp³-hybridized carbons (Fsp3) is 0.600. The molecule has 0 radical (unpaired) electrons. The van der Waals surface area contributed by atoms with Gasteiger partial charge in [0.2, 0.25) is 0 Å². The summed E-state index contributed by atoms with van der Waals surface area (Å²) in [6, 6.07) is 9.56. The molecule has 1 unspecified atom stereocenters. The minimum Gasteiger partial charge on any atom is -0.387 e. The van der Waals surface area contributed by atoms with Gasteiger partial charge in [0.05, 0.1) is 6.61 Å². The highest BCUT2D eigenvalue weighted by atomic mass is 32.2. The molecule has 6 heteroatoms. The summed E-state index contributed by atoms with van der Waals surface area (Å²) in [5, 5.41) is 20.5. The maximum absolute atomic E-state index is 10.3. The summed E-state index contributed by atoms with van der Waals surface area (Å²) in [6.07, 6.45) is -3.39. The summed E-state index contributed by atoms with van der Waals surface area (Å²) in [5.41, 5.74) is 0.453. The minimum absolute atomic E-state index is 0.342. The highest BCUT2D eigenvalue weighted by Crippen LogP contribution is 2.36. The molecule has 2 saturated heterocycles. The fourth-order valence-electron chi connectivity index (χ4n) is 2.66. The Balaban J connectivity index is 1.71. The van der Waals surface area contributed by atoms with Gasteiger partial charge in [0.15, 0.2) is 6.29 Å². The average molecular weight is 312 g/mol. The normalized spacial score (nSPS) is 39.8. The van der Waals surface area contributed by atoms with Gasteiger partial charge in [-0.3, -0.25) is 0 Å². The lowest BCUT2D eigenvalue weighted by molar-refractivity contribution is -0.318. The van der Waals surface area contributed by atoms with Crippen LogP contribution in [-0.2, 0) is 14.2 Å². The zero-order chi connectivity index (χ0) is 14.8. The molecule has 116 valence electrons. The van der Waals surface area contributed by atoms with Gasteiger partial charge in [-0.2, -0.15) is 0 Å². The van der Waals surface area contributed by atoms with Crippen LogP contribution < -0.4 is 0 Å². The highest BCUT2D eigenvalue weighted by Gasteiger charge is 2.48. The number of aliphatic hydroxyl groups excluding tert-OH is 2. The van der Waals surface area contributed by atoms with Crippen LogP contribution in [0, 0.1) is 0 Å². The number of aliphatic hydroxyl groups is 2. The maximum atomic E-state index is 10.3. The van der Waals surface area contributed by atoms with Crippen LogP contribution >= 0.6 is 11.8 Å². The lowest BCUT2D eigenvalue weighted by Gasteiger charge is -2.46. The van der Waals surface area contributed by atoms with Gasteiger partial charge < -0.3 is 24.4 Å². The van der Waals surface area contributed by atoms with Crippen LogP contribution in [0.25, 0.3) is 0 Å². The van der Waals surface area contributed by atoms with Crippen molar-refractivity contribution in [1.82, 2.24) is 0 Å². The molecule has 0 aliphatic carbocycles. The molecule has 0 saturated carbocycles. The minimum atomic E-state index is -0.970. The van der Waals surface area contributed by atoms with Gasteiger partial charge in [0.1, 0.15) is 29.9 Å². The van der Waals surface area contributed by atoms with Crippen molar-refractivity contribution in [2.75, 3.05) is 12.4 Å². The van der Waals surface area contributed by atoms with Crippen LogP contribution in [-0.4, -0.2) is 52.4 Å². The summed E-state index contributed by atoms with van der Waals surface area (Å²) in [5.74, 6) is 0.806. The van der Waals surface area contributed by atoms with E-state index in [0.717, 1.165) is 11.3 Å².